The summed E-state index contributed by atoms with van der Waals surface area (Å²) < 4.78 is 10.7. The second kappa shape index (κ2) is 10.1. The maximum Gasteiger partial charge on any atom is 0.257 e. The number of ether oxygens (including phenoxy) is 2. The molecule has 0 radical (unpaired) electrons. The van der Waals surface area contributed by atoms with Gasteiger partial charge in [0.1, 0.15) is 17.5 Å². The van der Waals surface area contributed by atoms with Crippen LogP contribution in [0.2, 0.25) is 0 Å². The number of aromatic nitrogens is 3. The zero-order valence-electron chi connectivity index (χ0n) is 18.2. The van der Waals surface area contributed by atoms with Crippen LogP contribution in [0.4, 0.5) is 23.0 Å². The molecule has 0 bridgehead atoms. The number of carbonyl (C=O) groups excluding carboxylic acids is 1. The van der Waals surface area contributed by atoms with Crippen LogP contribution in [0, 0.1) is 6.92 Å². The van der Waals surface area contributed by atoms with E-state index in [4.69, 9.17) is 9.47 Å². The highest BCUT2D eigenvalue weighted by Gasteiger charge is 2.14. The molecule has 9 heteroatoms. The van der Waals surface area contributed by atoms with Crippen molar-refractivity contribution in [3.05, 3.63) is 60.0 Å². The highest BCUT2D eigenvalue weighted by atomic mass is 16.5. The van der Waals surface area contributed by atoms with Crippen LogP contribution in [0.5, 0.6) is 5.88 Å². The number of rotatable bonds is 7. The maximum atomic E-state index is 12.4. The molecule has 9 nitrogen and oxygen atoms in total. The smallest absolute Gasteiger partial charge is 0.257 e. The Morgan fingerprint density at radius 2 is 1.84 bits per heavy atom. The standard InChI is InChI=1S/C23H26N6O3/c1-3-32-22-9-4-17(15-24-22)23(30)28-19-7-5-18(6-8-19)27-20-14-21(26-16(2)25-20)29-10-12-31-13-11-29/h4-9,14-15H,3,10-13H2,1-2H3,(H,28,30)(H,25,26,27). The number of amides is 1. The fourth-order valence-corrected chi connectivity index (χ4v) is 3.31. The van der Waals surface area contributed by atoms with Gasteiger partial charge < -0.3 is 25.0 Å². The third-order valence-electron chi connectivity index (χ3n) is 4.87. The van der Waals surface area contributed by atoms with Crippen molar-refractivity contribution in [2.45, 2.75) is 13.8 Å². The van der Waals surface area contributed by atoms with Crippen LogP contribution in [0.25, 0.3) is 0 Å². The van der Waals surface area contributed by atoms with E-state index in [9.17, 15) is 4.79 Å². The van der Waals surface area contributed by atoms with Crippen molar-refractivity contribution in [2.75, 3.05) is 48.4 Å². The number of hydrogen-bond acceptors (Lipinski definition) is 8. The van der Waals surface area contributed by atoms with Crippen molar-refractivity contribution >= 4 is 28.9 Å². The molecular formula is C23H26N6O3. The Hall–Kier alpha value is -3.72. The van der Waals surface area contributed by atoms with E-state index in [2.05, 4.69) is 30.5 Å². The summed E-state index contributed by atoms with van der Waals surface area (Å²) in [6.07, 6.45) is 1.50. The van der Waals surface area contributed by atoms with Gasteiger partial charge in [-0.05, 0) is 44.2 Å². The van der Waals surface area contributed by atoms with E-state index in [0.717, 1.165) is 30.4 Å². The summed E-state index contributed by atoms with van der Waals surface area (Å²) in [5, 5.41) is 6.18. The van der Waals surface area contributed by atoms with Gasteiger partial charge in [-0.3, -0.25) is 4.79 Å². The number of benzene rings is 1. The number of morpholine rings is 1. The first-order chi connectivity index (χ1) is 15.6. The average molecular weight is 435 g/mol. The van der Waals surface area contributed by atoms with E-state index in [1.165, 1.54) is 6.20 Å². The molecule has 3 aromatic rings. The van der Waals surface area contributed by atoms with Crippen molar-refractivity contribution in [1.82, 2.24) is 15.0 Å². The van der Waals surface area contributed by atoms with Crippen LogP contribution in [-0.2, 0) is 4.74 Å². The first kappa shape index (κ1) is 21.5. The Labute approximate surface area is 186 Å². The molecule has 32 heavy (non-hydrogen) atoms. The number of carbonyl (C=O) groups is 1. The van der Waals surface area contributed by atoms with Crippen LogP contribution in [0.15, 0.2) is 48.7 Å². The molecule has 166 valence electrons. The van der Waals surface area contributed by atoms with Gasteiger partial charge in [0.05, 0.1) is 25.4 Å². The van der Waals surface area contributed by atoms with E-state index in [1.54, 1.807) is 12.1 Å². The largest absolute Gasteiger partial charge is 0.478 e. The molecule has 0 saturated carbocycles. The quantitative estimate of drug-likeness (QED) is 0.583. The first-order valence-corrected chi connectivity index (χ1v) is 10.6. The lowest BCUT2D eigenvalue weighted by atomic mass is 10.2. The number of nitrogens with zero attached hydrogens (tertiary/aromatic N) is 4. The molecule has 0 aliphatic carbocycles. The van der Waals surface area contributed by atoms with E-state index < -0.39 is 0 Å². The Balaban J connectivity index is 1.39. The third kappa shape index (κ3) is 5.50. The molecule has 4 rings (SSSR count). The molecule has 1 amide bonds. The highest BCUT2D eigenvalue weighted by molar-refractivity contribution is 6.04. The topological polar surface area (TPSA) is 102 Å². The normalized spacial score (nSPS) is 13.5. The van der Waals surface area contributed by atoms with E-state index in [0.29, 0.717) is 42.8 Å². The monoisotopic (exact) mass is 434 g/mol. The second-order valence-electron chi connectivity index (χ2n) is 7.23. The first-order valence-electron chi connectivity index (χ1n) is 10.6. The Bertz CT molecular complexity index is 1050. The Kier molecular flexibility index (Phi) is 6.76. The second-order valence-corrected chi connectivity index (χ2v) is 7.23. The molecule has 1 aromatic carbocycles. The SMILES string of the molecule is CCOc1ccc(C(=O)Nc2ccc(Nc3cc(N4CCOCC4)nc(C)n3)cc2)cn1. The predicted octanol–water partition coefficient (Wildman–Crippen LogP) is 3.41. The van der Waals surface area contributed by atoms with Crippen molar-refractivity contribution in [3.63, 3.8) is 0 Å². The molecule has 2 aromatic heterocycles. The van der Waals surface area contributed by atoms with E-state index in [-0.39, 0.29) is 5.91 Å². The van der Waals surface area contributed by atoms with Gasteiger partial charge in [-0.25, -0.2) is 15.0 Å². The van der Waals surface area contributed by atoms with Crippen molar-refractivity contribution < 1.29 is 14.3 Å². The highest BCUT2D eigenvalue weighted by Crippen LogP contribution is 2.22. The molecule has 0 unspecified atom stereocenters. The van der Waals surface area contributed by atoms with Crippen LogP contribution in [0.3, 0.4) is 0 Å². The Morgan fingerprint density at radius 3 is 2.53 bits per heavy atom. The van der Waals surface area contributed by atoms with Gasteiger partial charge in [0.2, 0.25) is 5.88 Å². The molecular weight excluding hydrogens is 408 g/mol. The molecule has 0 spiro atoms. The van der Waals surface area contributed by atoms with Gasteiger partial charge >= 0.3 is 0 Å². The molecule has 2 N–H and O–H groups in total. The van der Waals surface area contributed by atoms with Crippen LogP contribution >= 0.6 is 0 Å². The summed E-state index contributed by atoms with van der Waals surface area (Å²) in [7, 11) is 0. The number of pyridine rings is 1. The summed E-state index contributed by atoms with van der Waals surface area (Å²) in [6.45, 7) is 7.32. The minimum absolute atomic E-state index is 0.233. The molecule has 3 heterocycles. The molecule has 1 fully saturated rings. The predicted molar refractivity (Wildman–Crippen MR) is 123 cm³/mol. The molecule has 0 atom stereocenters. The van der Waals surface area contributed by atoms with Crippen LogP contribution in [-0.4, -0.2) is 53.8 Å². The van der Waals surface area contributed by atoms with Gasteiger partial charge in [-0.15, -0.1) is 0 Å². The summed E-state index contributed by atoms with van der Waals surface area (Å²) in [4.78, 5) is 27.8. The summed E-state index contributed by atoms with van der Waals surface area (Å²) in [5.74, 6) is 2.57. The third-order valence-corrected chi connectivity index (χ3v) is 4.87. The van der Waals surface area contributed by atoms with Gasteiger partial charge in [0.25, 0.3) is 5.91 Å². The van der Waals surface area contributed by atoms with Gasteiger partial charge in [-0.1, -0.05) is 0 Å². The van der Waals surface area contributed by atoms with E-state index in [1.807, 2.05) is 44.2 Å². The Morgan fingerprint density at radius 1 is 1.09 bits per heavy atom. The van der Waals surface area contributed by atoms with Gasteiger partial charge in [0.15, 0.2) is 0 Å². The van der Waals surface area contributed by atoms with Crippen molar-refractivity contribution in [2.24, 2.45) is 0 Å². The number of aryl methyl sites for hydroxylation is 1. The lowest BCUT2D eigenvalue weighted by molar-refractivity contribution is 0.102. The zero-order chi connectivity index (χ0) is 22.3. The maximum absolute atomic E-state index is 12.4. The van der Waals surface area contributed by atoms with Crippen LogP contribution < -0.4 is 20.3 Å². The van der Waals surface area contributed by atoms with Gasteiger partial charge in [0, 0.05) is 42.8 Å². The van der Waals surface area contributed by atoms with Crippen LogP contribution in [0.1, 0.15) is 23.1 Å². The molecule has 1 saturated heterocycles. The summed E-state index contributed by atoms with van der Waals surface area (Å²) in [6, 6.07) is 12.7. The molecule has 1 aliphatic rings. The van der Waals surface area contributed by atoms with Crippen molar-refractivity contribution in [1.29, 1.82) is 0 Å². The summed E-state index contributed by atoms with van der Waals surface area (Å²) >= 11 is 0. The molecule has 1 aliphatic heterocycles. The number of anilines is 4. The minimum atomic E-state index is -0.233. The summed E-state index contributed by atoms with van der Waals surface area (Å²) in [5.41, 5.74) is 2.00. The number of nitrogens with one attached hydrogen (secondary N) is 2. The van der Waals surface area contributed by atoms with Gasteiger partial charge in [-0.2, -0.15) is 0 Å². The van der Waals surface area contributed by atoms with E-state index >= 15 is 0 Å². The van der Waals surface area contributed by atoms with Crippen molar-refractivity contribution in [3.8, 4) is 5.88 Å². The fourth-order valence-electron chi connectivity index (χ4n) is 3.31. The minimum Gasteiger partial charge on any atom is -0.478 e. The zero-order valence-corrected chi connectivity index (χ0v) is 18.2. The lowest BCUT2D eigenvalue weighted by Crippen LogP contribution is -2.36. The number of hydrogen-bond donors (Lipinski definition) is 2. The fraction of sp³-hybridized carbons (Fsp3) is 0.304. The average Bonchev–Trinajstić information content (AvgIpc) is 2.81. The lowest BCUT2D eigenvalue weighted by Gasteiger charge is -2.28.